The van der Waals surface area contributed by atoms with Crippen molar-refractivity contribution >= 4 is 46.9 Å². The molecule has 2 heterocycles. The SMILES string of the molecule is O=C(CN(/N=C/c1cccc(Cl)c1)C(=O)c1ccncc1)N1CCN(c2cccc(Cl)c2)CC1. The predicted octanol–water partition coefficient (Wildman–Crippen LogP) is 4.21. The van der Waals surface area contributed by atoms with Crippen LogP contribution in [0.3, 0.4) is 0 Å². The van der Waals surface area contributed by atoms with Gasteiger partial charge >= 0.3 is 0 Å². The van der Waals surface area contributed by atoms with E-state index in [4.69, 9.17) is 23.2 Å². The molecule has 0 bridgehead atoms. The van der Waals surface area contributed by atoms with Gasteiger partial charge in [-0.3, -0.25) is 14.6 Å². The Labute approximate surface area is 208 Å². The highest BCUT2D eigenvalue weighted by molar-refractivity contribution is 6.31. The number of aromatic nitrogens is 1. The Bertz CT molecular complexity index is 1180. The molecule has 0 spiro atoms. The van der Waals surface area contributed by atoms with Gasteiger partial charge in [0.15, 0.2) is 0 Å². The number of benzene rings is 2. The second-order valence-corrected chi connectivity index (χ2v) is 8.62. The van der Waals surface area contributed by atoms with Crippen molar-refractivity contribution in [3.63, 3.8) is 0 Å². The zero-order valence-corrected chi connectivity index (χ0v) is 19.9. The van der Waals surface area contributed by atoms with Crippen molar-refractivity contribution in [2.75, 3.05) is 37.6 Å². The standard InChI is InChI=1S/C25H23Cl2N5O2/c26-21-4-1-3-19(15-21)17-29-32(25(34)20-7-9-28-10-8-20)18-24(33)31-13-11-30(12-14-31)23-6-2-5-22(27)16-23/h1-10,15-17H,11-14,18H2/b29-17+. The Hall–Kier alpha value is -3.42. The molecule has 0 saturated carbocycles. The summed E-state index contributed by atoms with van der Waals surface area (Å²) in [5.41, 5.74) is 2.15. The molecule has 1 aromatic heterocycles. The molecule has 2 aromatic carbocycles. The molecule has 7 nitrogen and oxygen atoms in total. The summed E-state index contributed by atoms with van der Waals surface area (Å²) in [6.45, 7) is 2.27. The second kappa shape index (κ2) is 11.1. The first-order valence-corrected chi connectivity index (χ1v) is 11.5. The summed E-state index contributed by atoms with van der Waals surface area (Å²) in [6, 6.07) is 18.0. The third-order valence-corrected chi connectivity index (χ3v) is 5.92. The van der Waals surface area contributed by atoms with Gasteiger partial charge in [-0.15, -0.1) is 0 Å². The fourth-order valence-corrected chi connectivity index (χ4v) is 4.03. The van der Waals surface area contributed by atoms with E-state index in [9.17, 15) is 9.59 Å². The third-order valence-electron chi connectivity index (χ3n) is 5.45. The van der Waals surface area contributed by atoms with Gasteiger partial charge in [0.05, 0.1) is 6.21 Å². The lowest BCUT2D eigenvalue weighted by molar-refractivity contribution is -0.132. The molecule has 1 saturated heterocycles. The van der Waals surface area contributed by atoms with Crippen molar-refractivity contribution in [3.8, 4) is 0 Å². The van der Waals surface area contributed by atoms with Crippen molar-refractivity contribution in [1.29, 1.82) is 0 Å². The molecule has 0 radical (unpaired) electrons. The van der Waals surface area contributed by atoms with E-state index in [1.807, 2.05) is 30.3 Å². The van der Waals surface area contributed by atoms with Crippen LogP contribution in [0.1, 0.15) is 15.9 Å². The summed E-state index contributed by atoms with van der Waals surface area (Å²) in [7, 11) is 0. The molecule has 1 fully saturated rings. The van der Waals surface area contributed by atoms with Crippen LogP contribution in [0, 0.1) is 0 Å². The van der Waals surface area contributed by atoms with Crippen LogP contribution in [0.2, 0.25) is 10.0 Å². The molecule has 2 amide bonds. The largest absolute Gasteiger partial charge is 0.368 e. The lowest BCUT2D eigenvalue weighted by Crippen LogP contribution is -2.51. The summed E-state index contributed by atoms with van der Waals surface area (Å²) in [5.74, 6) is -0.553. The molecule has 0 aliphatic carbocycles. The molecular formula is C25H23Cl2N5O2. The van der Waals surface area contributed by atoms with E-state index in [-0.39, 0.29) is 18.4 Å². The van der Waals surface area contributed by atoms with Gasteiger partial charge in [-0.25, -0.2) is 5.01 Å². The number of pyridine rings is 1. The van der Waals surface area contributed by atoms with E-state index in [1.54, 1.807) is 35.2 Å². The lowest BCUT2D eigenvalue weighted by atomic mass is 10.2. The van der Waals surface area contributed by atoms with Crippen LogP contribution in [-0.2, 0) is 4.79 Å². The minimum atomic E-state index is -0.383. The number of amides is 2. The van der Waals surface area contributed by atoms with Gasteiger partial charge in [0.2, 0.25) is 5.91 Å². The zero-order valence-electron chi connectivity index (χ0n) is 18.3. The summed E-state index contributed by atoms with van der Waals surface area (Å²) in [6.07, 6.45) is 4.58. The van der Waals surface area contributed by atoms with Crippen molar-refractivity contribution in [2.24, 2.45) is 5.10 Å². The average Bonchev–Trinajstić information content (AvgIpc) is 2.86. The quantitative estimate of drug-likeness (QED) is 0.379. The van der Waals surface area contributed by atoms with Crippen LogP contribution in [0.15, 0.2) is 78.2 Å². The number of carbonyl (C=O) groups excluding carboxylic acids is 2. The zero-order chi connectivity index (χ0) is 23.9. The van der Waals surface area contributed by atoms with Gasteiger partial charge in [-0.1, -0.05) is 41.4 Å². The second-order valence-electron chi connectivity index (χ2n) is 7.75. The maximum atomic E-state index is 13.1. The first kappa shape index (κ1) is 23.7. The fraction of sp³-hybridized carbons (Fsp3) is 0.200. The molecule has 1 aliphatic heterocycles. The maximum absolute atomic E-state index is 13.1. The highest BCUT2D eigenvalue weighted by Gasteiger charge is 2.25. The number of rotatable bonds is 6. The van der Waals surface area contributed by atoms with Crippen LogP contribution in [0.5, 0.6) is 0 Å². The molecule has 1 aliphatic rings. The minimum absolute atomic E-state index is 0.170. The smallest absolute Gasteiger partial charge is 0.274 e. The van der Waals surface area contributed by atoms with Gasteiger partial charge in [0, 0.05) is 59.9 Å². The molecule has 4 rings (SSSR count). The molecule has 0 unspecified atom stereocenters. The summed E-state index contributed by atoms with van der Waals surface area (Å²) >= 11 is 12.2. The van der Waals surface area contributed by atoms with Crippen molar-refractivity contribution in [1.82, 2.24) is 14.9 Å². The molecule has 0 atom stereocenters. The van der Waals surface area contributed by atoms with Crippen LogP contribution in [0.4, 0.5) is 5.69 Å². The molecule has 0 N–H and O–H groups in total. The van der Waals surface area contributed by atoms with Crippen LogP contribution in [0.25, 0.3) is 0 Å². The highest BCUT2D eigenvalue weighted by Crippen LogP contribution is 2.21. The van der Waals surface area contributed by atoms with Crippen LogP contribution < -0.4 is 4.90 Å². The van der Waals surface area contributed by atoms with Gasteiger partial charge in [-0.05, 0) is 48.0 Å². The van der Waals surface area contributed by atoms with E-state index >= 15 is 0 Å². The monoisotopic (exact) mass is 495 g/mol. The number of piperazine rings is 1. The molecule has 3 aromatic rings. The minimum Gasteiger partial charge on any atom is -0.368 e. The highest BCUT2D eigenvalue weighted by atomic mass is 35.5. The van der Waals surface area contributed by atoms with Gasteiger partial charge in [0.1, 0.15) is 6.54 Å². The Morgan fingerprint density at radius 1 is 0.941 bits per heavy atom. The number of anilines is 1. The van der Waals surface area contributed by atoms with Crippen LogP contribution in [-0.4, -0.2) is 65.6 Å². The number of halogens is 2. The molecule has 9 heteroatoms. The van der Waals surface area contributed by atoms with E-state index in [0.29, 0.717) is 41.8 Å². The summed E-state index contributed by atoms with van der Waals surface area (Å²) in [5, 5.41) is 6.75. The first-order valence-electron chi connectivity index (χ1n) is 10.8. The summed E-state index contributed by atoms with van der Waals surface area (Å²) < 4.78 is 0. The van der Waals surface area contributed by atoms with Gasteiger partial charge < -0.3 is 9.80 Å². The number of hydrogen-bond acceptors (Lipinski definition) is 5. The molecular weight excluding hydrogens is 473 g/mol. The number of nitrogens with zero attached hydrogens (tertiary/aromatic N) is 5. The van der Waals surface area contributed by atoms with Crippen molar-refractivity contribution < 1.29 is 9.59 Å². The van der Waals surface area contributed by atoms with Crippen molar-refractivity contribution in [3.05, 3.63) is 94.2 Å². The van der Waals surface area contributed by atoms with E-state index in [1.165, 1.54) is 23.6 Å². The lowest BCUT2D eigenvalue weighted by Gasteiger charge is -2.36. The first-order chi connectivity index (χ1) is 16.5. The Morgan fingerprint density at radius 2 is 1.62 bits per heavy atom. The average molecular weight is 496 g/mol. The van der Waals surface area contributed by atoms with E-state index < -0.39 is 0 Å². The van der Waals surface area contributed by atoms with Crippen molar-refractivity contribution in [2.45, 2.75) is 0 Å². The summed E-state index contributed by atoms with van der Waals surface area (Å²) in [4.78, 5) is 34.1. The Morgan fingerprint density at radius 3 is 2.29 bits per heavy atom. The fourth-order valence-electron chi connectivity index (χ4n) is 3.65. The van der Waals surface area contributed by atoms with Gasteiger partial charge in [0.25, 0.3) is 5.91 Å². The van der Waals surface area contributed by atoms with E-state index in [2.05, 4.69) is 15.0 Å². The number of carbonyl (C=O) groups is 2. The predicted molar refractivity (Wildman–Crippen MR) is 135 cm³/mol. The third kappa shape index (κ3) is 6.12. The normalized spacial score (nSPS) is 13.8. The number of hydrogen-bond donors (Lipinski definition) is 0. The Balaban J connectivity index is 1.45. The molecule has 34 heavy (non-hydrogen) atoms. The van der Waals surface area contributed by atoms with Gasteiger partial charge in [-0.2, -0.15) is 5.10 Å². The Kier molecular flexibility index (Phi) is 7.77. The van der Waals surface area contributed by atoms with Crippen LogP contribution >= 0.6 is 23.2 Å². The number of hydrazone groups is 1. The van der Waals surface area contributed by atoms with E-state index in [0.717, 1.165) is 11.3 Å². The topological polar surface area (TPSA) is 69.1 Å². The maximum Gasteiger partial charge on any atom is 0.274 e. The molecule has 174 valence electrons.